The number of aliphatic hydroxyl groups is 1. The number of phenols is 1. The maximum Gasteiger partial charge on any atom is 0.144 e. The van der Waals surface area contributed by atoms with Crippen LogP contribution in [-0.2, 0) is 0 Å². The Balaban J connectivity index is 3.28. The third kappa shape index (κ3) is 1.43. The molecule has 1 unspecified atom stereocenters. The number of nitrogens with two attached hydrogens (primary N) is 2. The van der Waals surface area contributed by atoms with E-state index in [0.29, 0.717) is 11.3 Å². The highest BCUT2D eigenvalue weighted by Gasteiger charge is 2.10. The minimum absolute atomic E-state index is 0.0980. The average Bonchev–Trinajstić information content (AvgIpc) is 1.96. The molecule has 4 heteroatoms. The molecule has 1 aromatic carbocycles. The Bertz CT molecular complexity index is 297. The predicted octanol–water partition coefficient (Wildman–Crippen LogP) is 0.610. The number of benzene rings is 1. The summed E-state index contributed by atoms with van der Waals surface area (Å²) in [6.07, 6.45) is -0.768. The van der Waals surface area contributed by atoms with Crippen LogP contribution in [0.2, 0.25) is 0 Å². The molecule has 6 N–H and O–H groups in total. The van der Waals surface area contributed by atoms with E-state index >= 15 is 0 Å². The molecule has 1 atom stereocenters. The molecule has 0 fully saturated rings. The van der Waals surface area contributed by atoms with Gasteiger partial charge in [-0.3, -0.25) is 0 Å². The zero-order chi connectivity index (χ0) is 9.30. The molecule has 0 saturated carbocycles. The molecule has 0 aromatic heterocycles. The first kappa shape index (κ1) is 8.67. The minimum atomic E-state index is -0.768. The lowest BCUT2D eigenvalue weighted by molar-refractivity contribution is 0.195. The van der Waals surface area contributed by atoms with Crippen LogP contribution in [0, 0.1) is 0 Å². The summed E-state index contributed by atoms with van der Waals surface area (Å²) in [7, 11) is 0. The van der Waals surface area contributed by atoms with Gasteiger partial charge in [0.05, 0.1) is 11.8 Å². The topological polar surface area (TPSA) is 92.5 Å². The van der Waals surface area contributed by atoms with Crippen molar-refractivity contribution in [3.63, 3.8) is 0 Å². The Morgan fingerprint density at radius 2 is 1.92 bits per heavy atom. The van der Waals surface area contributed by atoms with Crippen LogP contribution in [0.1, 0.15) is 18.6 Å². The Labute approximate surface area is 70.4 Å². The van der Waals surface area contributed by atoms with Crippen molar-refractivity contribution in [2.45, 2.75) is 13.0 Å². The van der Waals surface area contributed by atoms with Gasteiger partial charge in [-0.2, -0.15) is 0 Å². The molecule has 4 nitrogen and oxygen atoms in total. The second kappa shape index (κ2) is 2.91. The number of nitrogen functional groups attached to an aromatic ring is 2. The summed E-state index contributed by atoms with van der Waals surface area (Å²) in [4.78, 5) is 0. The number of phenolic OH excluding ortho intramolecular Hbond substituents is 1. The smallest absolute Gasteiger partial charge is 0.144 e. The number of aliphatic hydroxyl groups excluding tert-OH is 1. The molecular formula is C8H12N2O2. The quantitative estimate of drug-likeness (QED) is 0.281. The molecule has 0 amide bonds. The predicted molar refractivity (Wildman–Crippen MR) is 47.6 cm³/mol. The fourth-order valence-electron chi connectivity index (χ4n) is 1.02. The van der Waals surface area contributed by atoms with Crippen LogP contribution in [0.15, 0.2) is 12.1 Å². The van der Waals surface area contributed by atoms with Crippen molar-refractivity contribution in [3.05, 3.63) is 17.7 Å². The molecule has 0 aliphatic heterocycles. The van der Waals surface area contributed by atoms with Crippen molar-refractivity contribution in [3.8, 4) is 5.75 Å². The molecule has 0 spiro atoms. The van der Waals surface area contributed by atoms with E-state index in [0.717, 1.165) is 0 Å². The maximum absolute atomic E-state index is 9.35. The fourth-order valence-corrected chi connectivity index (χ4v) is 1.02. The molecule has 0 aliphatic rings. The van der Waals surface area contributed by atoms with E-state index in [-0.39, 0.29) is 11.4 Å². The van der Waals surface area contributed by atoms with Crippen LogP contribution in [0.3, 0.4) is 0 Å². The van der Waals surface area contributed by atoms with Crippen LogP contribution in [0.25, 0.3) is 0 Å². The molecule has 66 valence electrons. The molecule has 0 heterocycles. The lowest BCUT2D eigenvalue weighted by Crippen LogP contribution is -1.98. The van der Waals surface area contributed by atoms with E-state index in [9.17, 15) is 10.2 Å². The van der Waals surface area contributed by atoms with Gasteiger partial charge in [-0.25, -0.2) is 0 Å². The van der Waals surface area contributed by atoms with Crippen molar-refractivity contribution in [1.29, 1.82) is 0 Å². The highest BCUT2D eigenvalue weighted by molar-refractivity contribution is 5.64. The average molecular weight is 168 g/mol. The maximum atomic E-state index is 9.35. The number of anilines is 2. The highest BCUT2D eigenvalue weighted by Crippen LogP contribution is 2.31. The van der Waals surface area contributed by atoms with Crippen LogP contribution >= 0.6 is 0 Å². The van der Waals surface area contributed by atoms with Gasteiger partial charge in [-0.15, -0.1) is 0 Å². The van der Waals surface area contributed by atoms with Crippen molar-refractivity contribution in [1.82, 2.24) is 0 Å². The van der Waals surface area contributed by atoms with E-state index < -0.39 is 6.10 Å². The van der Waals surface area contributed by atoms with Gasteiger partial charge in [-0.05, 0) is 19.1 Å². The number of hydrogen-bond acceptors (Lipinski definition) is 4. The second-order valence-electron chi connectivity index (χ2n) is 2.72. The van der Waals surface area contributed by atoms with Crippen LogP contribution < -0.4 is 11.5 Å². The lowest BCUT2D eigenvalue weighted by Gasteiger charge is -2.10. The van der Waals surface area contributed by atoms with E-state index in [2.05, 4.69) is 0 Å². The molecule has 1 aromatic rings. The Morgan fingerprint density at radius 3 is 2.42 bits per heavy atom. The summed E-state index contributed by atoms with van der Waals surface area (Å²) in [6, 6.07) is 2.94. The summed E-state index contributed by atoms with van der Waals surface area (Å²) in [5.74, 6) is -0.0980. The number of rotatable bonds is 1. The first-order valence-corrected chi connectivity index (χ1v) is 3.58. The third-order valence-corrected chi connectivity index (χ3v) is 1.64. The summed E-state index contributed by atoms with van der Waals surface area (Å²) in [5, 5.41) is 18.5. The van der Waals surface area contributed by atoms with Crippen LogP contribution in [0.5, 0.6) is 5.75 Å². The summed E-state index contributed by atoms with van der Waals surface area (Å²) in [5.41, 5.74) is 11.9. The molecule has 0 saturated heterocycles. The van der Waals surface area contributed by atoms with Gasteiger partial charge in [0.25, 0.3) is 0 Å². The van der Waals surface area contributed by atoms with E-state index in [1.807, 2.05) is 0 Å². The van der Waals surface area contributed by atoms with Gasteiger partial charge >= 0.3 is 0 Å². The minimum Gasteiger partial charge on any atom is -0.505 e. The van der Waals surface area contributed by atoms with Crippen molar-refractivity contribution in [2.24, 2.45) is 0 Å². The number of aromatic hydroxyl groups is 1. The van der Waals surface area contributed by atoms with Gasteiger partial charge < -0.3 is 21.7 Å². The van der Waals surface area contributed by atoms with Crippen LogP contribution in [-0.4, -0.2) is 10.2 Å². The summed E-state index contributed by atoms with van der Waals surface area (Å²) in [6.45, 7) is 1.54. The Kier molecular flexibility index (Phi) is 2.10. The van der Waals surface area contributed by atoms with Crippen molar-refractivity contribution in [2.75, 3.05) is 11.5 Å². The largest absolute Gasteiger partial charge is 0.505 e. The monoisotopic (exact) mass is 168 g/mol. The molecular weight excluding hydrogens is 156 g/mol. The van der Waals surface area contributed by atoms with Gasteiger partial charge in [0, 0.05) is 11.3 Å². The standard InChI is InChI=1S/C8H12N2O2/c1-4(11)6-2-5(9)3-7(10)8(6)12/h2-4,11-12H,9-10H2,1H3. The van der Waals surface area contributed by atoms with E-state index in [1.54, 1.807) is 0 Å². The summed E-state index contributed by atoms with van der Waals surface area (Å²) >= 11 is 0. The first-order chi connectivity index (χ1) is 5.52. The number of hydrogen-bond donors (Lipinski definition) is 4. The molecule has 0 bridgehead atoms. The first-order valence-electron chi connectivity index (χ1n) is 3.58. The Morgan fingerprint density at radius 1 is 1.33 bits per heavy atom. The molecule has 0 aliphatic carbocycles. The fraction of sp³-hybridized carbons (Fsp3) is 0.250. The lowest BCUT2D eigenvalue weighted by atomic mass is 10.1. The normalized spacial score (nSPS) is 12.8. The summed E-state index contributed by atoms with van der Waals surface area (Å²) < 4.78 is 0. The van der Waals surface area contributed by atoms with Gasteiger partial charge in [0.2, 0.25) is 0 Å². The molecule has 0 radical (unpaired) electrons. The van der Waals surface area contributed by atoms with Gasteiger partial charge in [-0.1, -0.05) is 0 Å². The van der Waals surface area contributed by atoms with Gasteiger partial charge in [0.1, 0.15) is 5.75 Å². The SMILES string of the molecule is CC(O)c1cc(N)cc(N)c1O. The molecule has 1 rings (SSSR count). The van der Waals surface area contributed by atoms with E-state index in [4.69, 9.17) is 11.5 Å². The highest BCUT2D eigenvalue weighted by atomic mass is 16.3. The van der Waals surface area contributed by atoms with Crippen molar-refractivity contribution >= 4 is 11.4 Å². The second-order valence-corrected chi connectivity index (χ2v) is 2.72. The third-order valence-electron chi connectivity index (χ3n) is 1.64. The zero-order valence-electron chi connectivity index (χ0n) is 6.78. The van der Waals surface area contributed by atoms with E-state index in [1.165, 1.54) is 19.1 Å². The Hall–Kier alpha value is -1.42. The van der Waals surface area contributed by atoms with Gasteiger partial charge in [0.15, 0.2) is 0 Å². The zero-order valence-corrected chi connectivity index (χ0v) is 6.78. The molecule has 12 heavy (non-hydrogen) atoms. The van der Waals surface area contributed by atoms with Crippen LogP contribution in [0.4, 0.5) is 11.4 Å². The van der Waals surface area contributed by atoms with Crippen molar-refractivity contribution < 1.29 is 10.2 Å².